The van der Waals surface area contributed by atoms with Crippen LogP contribution in [0.5, 0.6) is 0 Å². The molecule has 0 aliphatic carbocycles. The third-order valence-electron chi connectivity index (χ3n) is 3.37. The number of amides is 1. The Morgan fingerprint density at radius 1 is 0.913 bits per heavy atom. The summed E-state index contributed by atoms with van der Waals surface area (Å²) in [5, 5.41) is 5.94. The lowest BCUT2D eigenvalue weighted by atomic mass is 10.0. The molecule has 1 amide bonds. The fraction of sp³-hybridized carbons (Fsp3) is 0. The summed E-state index contributed by atoms with van der Waals surface area (Å²) in [5.41, 5.74) is 1.55. The van der Waals surface area contributed by atoms with E-state index in [0.29, 0.717) is 15.7 Å². The Hall–Kier alpha value is -2.29. The normalized spacial score (nSPS) is 11.0. The number of hydrogen-bond acceptors (Lipinski definition) is 1. The third kappa shape index (κ3) is 3.92. The third-order valence-corrected chi connectivity index (χ3v) is 3.80. The summed E-state index contributed by atoms with van der Waals surface area (Å²) < 4.78 is 0. The quantitative estimate of drug-likeness (QED) is 0.599. The standard InChI is InChI=1S/C19H13Cl2NO/c20-15-10-16(21)12-17(11-15)22-19(23)9-8-14-6-3-5-13-4-1-2-7-18(13)14/h1-12H,(H,22,23)/b9-8+. The number of nitrogens with one attached hydrogen (secondary N) is 1. The highest BCUT2D eigenvalue weighted by Crippen LogP contribution is 2.23. The van der Waals surface area contributed by atoms with Crippen molar-refractivity contribution in [3.05, 3.63) is 82.3 Å². The van der Waals surface area contributed by atoms with Crippen LogP contribution in [0.4, 0.5) is 5.69 Å². The first kappa shape index (κ1) is 15.6. The minimum atomic E-state index is -0.240. The Morgan fingerprint density at radius 3 is 2.39 bits per heavy atom. The van der Waals surface area contributed by atoms with Crippen LogP contribution < -0.4 is 5.32 Å². The van der Waals surface area contributed by atoms with Crippen LogP contribution in [-0.4, -0.2) is 5.91 Å². The fourth-order valence-corrected chi connectivity index (χ4v) is 2.90. The molecule has 4 heteroatoms. The number of anilines is 1. The summed E-state index contributed by atoms with van der Waals surface area (Å²) >= 11 is 11.8. The van der Waals surface area contributed by atoms with E-state index in [1.807, 2.05) is 42.5 Å². The van der Waals surface area contributed by atoms with Gasteiger partial charge in [0.15, 0.2) is 0 Å². The molecule has 0 heterocycles. The molecule has 0 bridgehead atoms. The van der Waals surface area contributed by atoms with Crippen molar-refractivity contribution in [2.75, 3.05) is 5.32 Å². The van der Waals surface area contributed by atoms with Gasteiger partial charge in [0.05, 0.1) is 0 Å². The van der Waals surface area contributed by atoms with Crippen molar-refractivity contribution in [1.82, 2.24) is 0 Å². The first-order valence-corrected chi connectivity index (χ1v) is 7.80. The first-order valence-electron chi connectivity index (χ1n) is 7.05. The molecule has 0 saturated heterocycles. The molecule has 0 fully saturated rings. The number of rotatable bonds is 3. The minimum Gasteiger partial charge on any atom is -0.322 e. The Balaban J connectivity index is 1.80. The molecule has 1 N–H and O–H groups in total. The molecule has 0 aliphatic rings. The second-order valence-electron chi connectivity index (χ2n) is 5.05. The van der Waals surface area contributed by atoms with Gasteiger partial charge in [-0.05, 0) is 40.6 Å². The average Bonchev–Trinajstić information content (AvgIpc) is 2.52. The number of benzene rings is 3. The lowest BCUT2D eigenvalue weighted by Crippen LogP contribution is -2.07. The van der Waals surface area contributed by atoms with Gasteiger partial charge in [-0.15, -0.1) is 0 Å². The molecule has 114 valence electrons. The van der Waals surface area contributed by atoms with E-state index in [-0.39, 0.29) is 5.91 Å². The van der Waals surface area contributed by atoms with Crippen LogP contribution >= 0.6 is 23.2 Å². The van der Waals surface area contributed by atoms with Gasteiger partial charge < -0.3 is 5.32 Å². The van der Waals surface area contributed by atoms with Crippen LogP contribution in [0.15, 0.2) is 66.7 Å². The van der Waals surface area contributed by atoms with E-state index in [0.717, 1.165) is 16.3 Å². The van der Waals surface area contributed by atoms with Gasteiger partial charge in [0.2, 0.25) is 5.91 Å². The molecule has 23 heavy (non-hydrogen) atoms. The summed E-state index contributed by atoms with van der Waals surface area (Å²) in [5.74, 6) is -0.240. The predicted molar refractivity (Wildman–Crippen MR) is 98.1 cm³/mol. The van der Waals surface area contributed by atoms with Gasteiger partial charge in [-0.2, -0.15) is 0 Å². The molecule has 3 rings (SSSR count). The van der Waals surface area contributed by atoms with Crippen LogP contribution in [0.2, 0.25) is 10.0 Å². The van der Waals surface area contributed by atoms with E-state index in [4.69, 9.17) is 23.2 Å². The number of halogens is 2. The van der Waals surface area contributed by atoms with E-state index in [1.165, 1.54) is 6.08 Å². The topological polar surface area (TPSA) is 29.1 Å². The molecular formula is C19H13Cl2NO. The SMILES string of the molecule is O=C(/C=C/c1cccc2ccccc12)Nc1cc(Cl)cc(Cl)c1. The predicted octanol–water partition coefficient (Wildman–Crippen LogP) is 5.80. The largest absolute Gasteiger partial charge is 0.322 e. The van der Waals surface area contributed by atoms with Crippen LogP contribution in [0.1, 0.15) is 5.56 Å². The summed E-state index contributed by atoms with van der Waals surface area (Å²) in [4.78, 5) is 12.1. The van der Waals surface area contributed by atoms with Gasteiger partial charge in [0.1, 0.15) is 0 Å². The average molecular weight is 342 g/mol. The maximum atomic E-state index is 12.1. The van der Waals surface area contributed by atoms with Crippen molar-refractivity contribution < 1.29 is 4.79 Å². The second-order valence-corrected chi connectivity index (χ2v) is 5.92. The molecule has 3 aromatic rings. The molecule has 0 atom stereocenters. The number of hydrogen-bond donors (Lipinski definition) is 1. The van der Waals surface area contributed by atoms with E-state index >= 15 is 0 Å². The van der Waals surface area contributed by atoms with Crippen LogP contribution in [-0.2, 0) is 4.79 Å². The molecule has 0 unspecified atom stereocenters. The van der Waals surface area contributed by atoms with E-state index in [1.54, 1.807) is 24.3 Å². The van der Waals surface area contributed by atoms with E-state index < -0.39 is 0 Å². The zero-order valence-electron chi connectivity index (χ0n) is 12.1. The zero-order valence-corrected chi connectivity index (χ0v) is 13.6. The summed E-state index contributed by atoms with van der Waals surface area (Å²) in [6, 6.07) is 18.9. The van der Waals surface area contributed by atoms with Gasteiger partial charge in [0, 0.05) is 21.8 Å². The highest BCUT2D eigenvalue weighted by atomic mass is 35.5. The molecule has 0 aliphatic heterocycles. The molecular weight excluding hydrogens is 329 g/mol. The van der Waals surface area contributed by atoms with Crippen LogP contribution in [0, 0.1) is 0 Å². The Bertz CT molecular complexity index is 877. The van der Waals surface area contributed by atoms with Crippen molar-refractivity contribution in [1.29, 1.82) is 0 Å². The van der Waals surface area contributed by atoms with Gasteiger partial charge >= 0.3 is 0 Å². The number of carbonyl (C=O) groups is 1. The molecule has 0 aromatic heterocycles. The van der Waals surface area contributed by atoms with Crippen molar-refractivity contribution in [2.24, 2.45) is 0 Å². The van der Waals surface area contributed by atoms with E-state index in [2.05, 4.69) is 5.32 Å². The lowest BCUT2D eigenvalue weighted by molar-refractivity contribution is -0.111. The van der Waals surface area contributed by atoms with E-state index in [9.17, 15) is 4.79 Å². The van der Waals surface area contributed by atoms with Gasteiger partial charge in [-0.1, -0.05) is 65.7 Å². The molecule has 0 saturated carbocycles. The van der Waals surface area contributed by atoms with Crippen molar-refractivity contribution in [2.45, 2.75) is 0 Å². The molecule has 3 aromatic carbocycles. The number of fused-ring (bicyclic) bond motifs is 1. The Kier molecular flexibility index (Phi) is 4.65. The summed E-state index contributed by atoms with van der Waals surface area (Å²) in [6.07, 6.45) is 3.29. The molecule has 2 nitrogen and oxygen atoms in total. The van der Waals surface area contributed by atoms with Gasteiger partial charge in [0.25, 0.3) is 0 Å². The first-order chi connectivity index (χ1) is 11.1. The fourth-order valence-electron chi connectivity index (χ4n) is 2.37. The highest BCUT2D eigenvalue weighted by Gasteiger charge is 2.02. The molecule has 0 radical (unpaired) electrons. The minimum absolute atomic E-state index is 0.240. The van der Waals surface area contributed by atoms with Crippen LogP contribution in [0.25, 0.3) is 16.8 Å². The smallest absolute Gasteiger partial charge is 0.248 e. The molecule has 0 spiro atoms. The summed E-state index contributed by atoms with van der Waals surface area (Å²) in [7, 11) is 0. The lowest BCUT2D eigenvalue weighted by Gasteiger charge is -2.04. The van der Waals surface area contributed by atoms with Crippen molar-refractivity contribution >= 4 is 51.6 Å². The Labute approximate surface area is 144 Å². The van der Waals surface area contributed by atoms with Crippen molar-refractivity contribution in [3.63, 3.8) is 0 Å². The number of carbonyl (C=O) groups excluding carboxylic acids is 1. The van der Waals surface area contributed by atoms with Gasteiger partial charge in [-0.25, -0.2) is 0 Å². The summed E-state index contributed by atoms with van der Waals surface area (Å²) in [6.45, 7) is 0. The highest BCUT2D eigenvalue weighted by molar-refractivity contribution is 6.35. The van der Waals surface area contributed by atoms with Crippen LogP contribution in [0.3, 0.4) is 0 Å². The van der Waals surface area contributed by atoms with Gasteiger partial charge in [-0.3, -0.25) is 4.79 Å². The zero-order chi connectivity index (χ0) is 16.2. The van der Waals surface area contributed by atoms with Crippen molar-refractivity contribution in [3.8, 4) is 0 Å². The Morgan fingerprint density at radius 2 is 1.61 bits per heavy atom. The monoisotopic (exact) mass is 341 g/mol. The maximum absolute atomic E-state index is 12.1. The maximum Gasteiger partial charge on any atom is 0.248 e. The second kappa shape index (κ2) is 6.86.